The highest BCUT2D eigenvalue weighted by atomic mass is 35.5. The number of hydrogen-bond acceptors (Lipinski definition) is 4. The van der Waals surface area contributed by atoms with Crippen LogP contribution in [-0.4, -0.2) is 25.0 Å². The van der Waals surface area contributed by atoms with Crippen molar-refractivity contribution >= 4 is 34.3 Å². The molecule has 2 aromatic rings. The summed E-state index contributed by atoms with van der Waals surface area (Å²) in [6.45, 7) is 6.16. The summed E-state index contributed by atoms with van der Waals surface area (Å²) in [6, 6.07) is 6.24. The largest absolute Gasteiger partial charge is 0.311 e. The van der Waals surface area contributed by atoms with Crippen molar-refractivity contribution in [2.45, 2.75) is 20.0 Å². The van der Waals surface area contributed by atoms with E-state index >= 15 is 0 Å². The lowest BCUT2D eigenvalue weighted by Gasteiger charge is -2.15. The van der Waals surface area contributed by atoms with Gasteiger partial charge >= 0.3 is 0 Å². The van der Waals surface area contributed by atoms with Crippen molar-refractivity contribution in [3.63, 3.8) is 0 Å². The van der Waals surface area contributed by atoms with Gasteiger partial charge in [0.15, 0.2) is 0 Å². The number of thiophene rings is 2. The molecule has 0 amide bonds. The van der Waals surface area contributed by atoms with Gasteiger partial charge in [0, 0.05) is 35.9 Å². The van der Waals surface area contributed by atoms with E-state index in [0.29, 0.717) is 0 Å². The van der Waals surface area contributed by atoms with E-state index in [9.17, 15) is 0 Å². The first-order valence-electron chi connectivity index (χ1n) is 6.31. The summed E-state index contributed by atoms with van der Waals surface area (Å²) in [5.41, 5.74) is 1.39. The lowest BCUT2D eigenvalue weighted by molar-refractivity contribution is 0.327. The summed E-state index contributed by atoms with van der Waals surface area (Å²) in [5.74, 6) is 0. The fourth-order valence-electron chi connectivity index (χ4n) is 1.84. The molecule has 0 aromatic carbocycles. The standard InChI is InChI=1S/C14H19ClN2S2/c1-11-5-8-18-13(11)9-16-6-7-17(2)10-12-3-4-14(15)19-12/h3-5,8,16H,6-7,9-10H2,1-2H3. The number of halogens is 1. The van der Waals surface area contributed by atoms with Crippen molar-refractivity contribution in [1.29, 1.82) is 0 Å². The number of likely N-dealkylation sites (N-methyl/N-ethyl adjacent to an activating group) is 1. The molecular weight excluding hydrogens is 296 g/mol. The van der Waals surface area contributed by atoms with Crippen molar-refractivity contribution in [2.24, 2.45) is 0 Å². The molecule has 19 heavy (non-hydrogen) atoms. The minimum Gasteiger partial charge on any atom is -0.311 e. The molecule has 0 aliphatic rings. The number of aryl methyl sites for hydroxylation is 1. The topological polar surface area (TPSA) is 15.3 Å². The number of nitrogens with one attached hydrogen (secondary N) is 1. The van der Waals surface area contributed by atoms with E-state index in [1.165, 1.54) is 15.3 Å². The van der Waals surface area contributed by atoms with Crippen LogP contribution < -0.4 is 5.32 Å². The molecule has 2 heterocycles. The van der Waals surface area contributed by atoms with Crippen LogP contribution in [0.5, 0.6) is 0 Å². The van der Waals surface area contributed by atoms with Gasteiger partial charge < -0.3 is 10.2 Å². The molecule has 0 aliphatic heterocycles. The zero-order chi connectivity index (χ0) is 13.7. The van der Waals surface area contributed by atoms with Crippen LogP contribution in [0.4, 0.5) is 0 Å². The maximum absolute atomic E-state index is 5.93. The number of hydrogen-bond donors (Lipinski definition) is 1. The average molecular weight is 315 g/mol. The summed E-state index contributed by atoms with van der Waals surface area (Å²) in [7, 11) is 2.14. The van der Waals surface area contributed by atoms with Crippen molar-refractivity contribution in [2.75, 3.05) is 20.1 Å². The molecule has 2 aromatic heterocycles. The highest BCUT2D eigenvalue weighted by Crippen LogP contribution is 2.22. The highest BCUT2D eigenvalue weighted by Gasteiger charge is 2.03. The molecule has 2 rings (SSSR count). The molecule has 0 radical (unpaired) electrons. The summed E-state index contributed by atoms with van der Waals surface area (Å²) in [6.07, 6.45) is 0. The van der Waals surface area contributed by atoms with Crippen LogP contribution in [0.15, 0.2) is 23.6 Å². The Morgan fingerprint density at radius 1 is 1.32 bits per heavy atom. The summed E-state index contributed by atoms with van der Waals surface area (Å²) >= 11 is 9.42. The van der Waals surface area contributed by atoms with E-state index in [1.54, 1.807) is 11.3 Å². The molecule has 0 aliphatic carbocycles. The third-order valence-corrected chi connectivity index (χ3v) is 5.22. The fraction of sp³-hybridized carbons (Fsp3) is 0.429. The molecule has 104 valence electrons. The van der Waals surface area contributed by atoms with Gasteiger partial charge in [-0.3, -0.25) is 0 Å². The van der Waals surface area contributed by atoms with Crippen molar-refractivity contribution in [3.8, 4) is 0 Å². The lowest BCUT2D eigenvalue weighted by atomic mass is 10.3. The monoisotopic (exact) mass is 314 g/mol. The van der Waals surface area contributed by atoms with Gasteiger partial charge in [-0.1, -0.05) is 11.6 Å². The summed E-state index contributed by atoms with van der Waals surface area (Å²) < 4.78 is 0.870. The van der Waals surface area contributed by atoms with Gasteiger partial charge in [-0.2, -0.15) is 0 Å². The Hall–Kier alpha value is -0.390. The second-order valence-corrected chi connectivity index (χ2v) is 7.45. The first kappa shape index (κ1) is 15.0. The molecule has 0 saturated carbocycles. The Labute approximate surface area is 128 Å². The molecular formula is C14H19ClN2S2. The van der Waals surface area contributed by atoms with Crippen molar-refractivity contribution < 1.29 is 0 Å². The van der Waals surface area contributed by atoms with E-state index in [2.05, 4.69) is 41.7 Å². The molecule has 0 atom stereocenters. The second kappa shape index (κ2) is 7.41. The van der Waals surface area contributed by atoms with Crippen LogP contribution in [0.2, 0.25) is 4.34 Å². The zero-order valence-corrected chi connectivity index (χ0v) is 13.7. The van der Waals surface area contributed by atoms with Crippen LogP contribution in [0.25, 0.3) is 0 Å². The Balaban J connectivity index is 1.64. The maximum atomic E-state index is 5.93. The quantitative estimate of drug-likeness (QED) is 0.777. The molecule has 0 bridgehead atoms. The van der Waals surface area contributed by atoms with Gasteiger partial charge in [0.2, 0.25) is 0 Å². The Bertz CT molecular complexity index is 507. The van der Waals surface area contributed by atoms with Gasteiger partial charge in [0.1, 0.15) is 0 Å². The molecule has 1 N–H and O–H groups in total. The van der Waals surface area contributed by atoms with Gasteiger partial charge in [0.25, 0.3) is 0 Å². The van der Waals surface area contributed by atoms with Crippen molar-refractivity contribution in [3.05, 3.63) is 43.2 Å². The van der Waals surface area contributed by atoms with E-state index in [4.69, 9.17) is 11.6 Å². The third-order valence-electron chi connectivity index (χ3n) is 2.98. The highest BCUT2D eigenvalue weighted by molar-refractivity contribution is 7.16. The SMILES string of the molecule is Cc1ccsc1CNCCN(C)Cc1ccc(Cl)s1. The minimum absolute atomic E-state index is 0.870. The lowest BCUT2D eigenvalue weighted by Crippen LogP contribution is -2.28. The predicted molar refractivity (Wildman–Crippen MR) is 86.4 cm³/mol. The molecule has 5 heteroatoms. The van der Waals surface area contributed by atoms with E-state index in [1.807, 2.05) is 17.4 Å². The van der Waals surface area contributed by atoms with Crippen LogP contribution >= 0.6 is 34.3 Å². The smallest absolute Gasteiger partial charge is 0.0931 e. The maximum Gasteiger partial charge on any atom is 0.0931 e. The Morgan fingerprint density at radius 3 is 2.79 bits per heavy atom. The average Bonchev–Trinajstić information content (AvgIpc) is 2.94. The molecule has 0 saturated heterocycles. The van der Waals surface area contributed by atoms with E-state index < -0.39 is 0 Å². The van der Waals surface area contributed by atoms with Gasteiger partial charge in [0.05, 0.1) is 4.34 Å². The van der Waals surface area contributed by atoms with Gasteiger partial charge in [-0.25, -0.2) is 0 Å². The predicted octanol–water partition coefficient (Wildman–Crippen LogP) is 3.99. The summed E-state index contributed by atoms with van der Waals surface area (Å²) in [4.78, 5) is 5.07. The molecule has 0 unspecified atom stereocenters. The normalized spacial score (nSPS) is 11.4. The molecule has 0 fully saturated rings. The summed E-state index contributed by atoms with van der Waals surface area (Å²) in [5, 5.41) is 5.65. The van der Waals surface area contributed by atoms with Crippen LogP contribution in [0, 0.1) is 6.92 Å². The third kappa shape index (κ3) is 4.89. The van der Waals surface area contributed by atoms with Crippen LogP contribution in [-0.2, 0) is 13.1 Å². The second-order valence-electron chi connectivity index (χ2n) is 4.65. The molecule has 0 spiro atoms. The van der Waals surface area contributed by atoms with E-state index in [-0.39, 0.29) is 0 Å². The number of nitrogens with zero attached hydrogens (tertiary/aromatic N) is 1. The fourth-order valence-corrected chi connectivity index (χ4v) is 3.88. The Morgan fingerprint density at radius 2 is 2.16 bits per heavy atom. The first-order chi connectivity index (χ1) is 9.15. The van der Waals surface area contributed by atoms with Crippen molar-refractivity contribution in [1.82, 2.24) is 10.2 Å². The Kier molecular flexibility index (Phi) is 5.85. The zero-order valence-electron chi connectivity index (χ0n) is 11.3. The first-order valence-corrected chi connectivity index (χ1v) is 8.39. The van der Waals surface area contributed by atoms with Gasteiger partial charge in [-0.15, -0.1) is 22.7 Å². The van der Waals surface area contributed by atoms with Crippen LogP contribution in [0.3, 0.4) is 0 Å². The minimum atomic E-state index is 0.870. The van der Waals surface area contributed by atoms with Crippen LogP contribution in [0.1, 0.15) is 15.3 Å². The van der Waals surface area contributed by atoms with Gasteiger partial charge in [-0.05, 0) is 43.1 Å². The number of rotatable bonds is 7. The van der Waals surface area contributed by atoms with E-state index in [0.717, 1.165) is 30.5 Å². The molecule has 2 nitrogen and oxygen atoms in total.